The number of hydrogen-bond donors (Lipinski definition) is 0. The highest BCUT2D eigenvalue weighted by Gasteiger charge is 2.24. The van der Waals surface area contributed by atoms with Gasteiger partial charge in [-0.05, 0) is 19.3 Å². The molecule has 0 radical (unpaired) electrons. The largest absolute Gasteiger partial charge is 0.302 e. The first-order valence-corrected chi connectivity index (χ1v) is 6.37. The minimum atomic E-state index is -4.55. The molecule has 0 heterocycles. The van der Waals surface area contributed by atoms with Crippen molar-refractivity contribution in [2.75, 3.05) is 12.9 Å². The van der Waals surface area contributed by atoms with E-state index >= 15 is 0 Å². The van der Waals surface area contributed by atoms with Gasteiger partial charge in [-0.25, -0.2) is 8.78 Å². The molecule has 116 valence electrons. The van der Waals surface area contributed by atoms with Gasteiger partial charge in [-0.15, -0.1) is 3.89 Å². The van der Waals surface area contributed by atoms with Gasteiger partial charge in [-0.1, -0.05) is 28.2 Å². The monoisotopic (exact) mass is 298 g/mol. The topological polar surface area (TPSA) is 34.1 Å². The lowest BCUT2D eigenvalue weighted by atomic mass is 10.0. The van der Waals surface area contributed by atoms with Gasteiger partial charge in [0.05, 0.1) is 12.9 Å². The van der Waals surface area contributed by atoms with Gasteiger partial charge in [0.1, 0.15) is 0 Å². The van der Waals surface area contributed by atoms with Crippen LogP contribution >= 0.6 is 0 Å². The number of alkyl halides is 3. The van der Waals surface area contributed by atoms with Crippen molar-refractivity contribution < 1.29 is 25.5 Å². The van der Waals surface area contributed by atoms with Crippen LogP contribution in [0.15, 0.2) is 0 Å². The van der Waals surface area contributed by atoms with E-state index in [0.717, 1.165) is 6.92 Å². The standard InChI is InChI=1S/C8H15F3O2S.CH3F.2CH4/c1-3-7(6-14(11,12)13)4-5-8(2,9)10;1-2;;/h7H,3-6H2,1-2H3;1H3;2*1H4. The quantitative estimate of drug-likeness (QED) is 0.530. The van der Waals surface area contributed by atoms with Gasteiger partial charge in [-0.2, -0.15) is 8.42 Å². The Bertz CT molecular complexity index is 261. The van der Waals surface area contributed by atoms with E-state index in [9.17, 15) is 25.5 Å². The minimum Gasteiger partial charge on any atom is -0.255 e. The molecule has 1 unspecified atom stereocenters. The SMILES string of the molecule is C.C.CCC(CCC(C)(F)F)CS(=O)(=O)F.CF. The van der Waals surface area contributed by atoms with Gasteiger partial charge in [0, 0.05) is 6.42 Å². The molecule has 0 saturated carbocycles. The second-order valence-electron chi connectivity index (χ2n) is 3.59. The maximum absolute atomic E-state index is 12.4. The van der Waals surface area contributed by atoms with Crippen LogP contribution in [0.5, 0.6) is 0 Å². The lowest BCUT2D eigenvalue weighted by molar-refractivity contribution is 0.00719. The Hall–Kier alpha value is -0.330. The van der Waals surface area contributed by atoms with Gasteiger partial charge in [-0.3, -0.25) is 4.39 Å². The summed E-state index contributed by atoms with van der Waals surface area (Å²) in [6, 6.07) is 0. The molecule has 0 aromatic heterocycles. The van der Waals surface area contributed by atoms with Crippen molar-refractivity contribution in [2.24, 2.45) is 5.92 Å². The zero-order chi connectivity index (χ0) is 13.4. The number of rotatable bonds is 6. The lowest BCUT2D eigenvalue weighted by Gasteiger charge is -2.15. The van der Waals surface area contributed by atoms with Crippen LogP contribution in [0.1, 0.15) is 48.0 Å². The fraction of sp³-hybridized carbons (Fsp3) is 1.00. The average molecular weight is 298 g/mol. The summed E-state index contributed by atoms with van der Waals surface area (Å²) in [6.07, 6.45) is 0.0173. The molecule has 0 aromatic carbocycles. The molecule has 0 amide bonds. The molecule has 0 aliphatic carbocycles. The molecule has 18 heavy (non-hydrogen) atoms. The Labute approximate surface area is 109 Å². The molecule has 0 fully saturated rings. The van der Waals surface area contributed by atoms with Crippen LogP contribution in [-0.4, -0.2) is 27.3 Å². The summed E-state index contributed by atoms with van der Waals surface area (Å²) in [5.41, 5.74) is 0. The first-order chi connectivity index (χ1) is 7.14. The van der Waals surface area contributed by atoms with Crippen molar-refractivity contribution in [3.8, 4) is 0 Å². The normalized spacial score (nSPS) is 12.4. The molecule has 0 spiro atoms. The van der Waals surface area contributed by atoms with Crippen LogP contribution in [-0.2, 0) is 10.2 Å². The van der Waals surface area contributed by atoms with Gasteiger partial charge in [0.15, 0.2) is 0 Å². The highest BCUT2D eigenvalue weighted by atomic mass is 32.3. The van der Waals surface area contributed by atoms with E-state index in [1.54, 1.807) is 6.92 Å². The van der Waals surface area contributed by atoms with Crippen molar-refractivity contribution in [1.82, 2.24) is 0 Å². The summed E-state index contributed by atoms with van der Waals surface area (Å²) in [7, 11) is -4.05. The number of halogens is 4. The Balaban J connectivity index is -0.000000232. The summed E-state index contributed by atoms with van der Waals surface area (Å²) in [4.78, 5) is 0. The molecule has 0 aliphatic rings. The van der Waals surface area contributed by atoms with Crippen LogP contribution < -0.4 is 0 Å². The van der Waals surface area contributed by atoms with Crippen molar-refractivity contribution >= 4 is 10.2 Å². The van der Waals surface area contributed by atoms with Crippen molar-refractivity contribution in [3.05, 3.63) is 0 Å². The minimum absolute atomic E-state index is 0. The zero-order valence-electron chi connectivity index (χ0n) is 9.64. The van der Waals surface area contributed by atoms with E-state index in [4.69, 9.17) is 0 Å². The fourth-order valence-electron chi connectivity index (χ4n) is 1.14. The maximum Gasteiger partial charge on any atom is 0.302 e. The van der Waals surface area contributed by atoms with Crippen molar-refractivity contribution in [1.29, 1.82) is 0 Å². The van der Waals surface area contributed by atoms with E-state index in [-0.39, 0.29) is 21.3 Å². The average Bonchev–Trinajstić information content (AvgIpc) is 2.12. The third-order valence-electron chi connectivity index (χ3n) is 2.00. The molecular weight excluding hydrogens is 272 g/mol. The Morgan fingerprint density at radius 1 is 1.17 bits per heavy atom. The van der Waals surface area contributed by atoms with Gasteiger partial charge in [0.2, 0.25) is 5.92 Å². The predicted octanol–water partition coefficient (Wildman–Crippen LogP) is 4.61. The summed E-state index contributed by atoms with van der Waals surface area (Å²) in [5, 5.41) is 0. The molecule has 1 atom stereocenters. The molecule has 0 rings (SSSR count). The summed E-state index contributed by atoms with van der Waals surface area (Å²) < 4.78 is 67.1. The van der Waals surface area contributed by atoms with Crippen LogP contribution in [0.4, 0.5) is 17.1 Å². The van der Waals surface area contributed by atoms with Crippen LogP contribution in [0.25, 0.3) is 0 Å². The van der Waals surface area contributed by atoms with Gasteiger partial charge >= 0.3 is 10.2 Å². The van der Waals surface area contributed by atoms with Crippen LogP contribution in [0.2, 0.25) is 0 Å². The highest BCUT2D eigenvalue weighted by molar-refractivity contribution is 7.86. The van der Waals surface area contributed by atoms with Crippen molar-refractivity contribution in [2.45, 2.75) is 53.9 Å². The second kappa shape index (κ2) is 11.7. The second-order valence-corrected chi connectivity index (χ2v) is 5.00. The first-order valence-electron chi connectivity index (χ1n) is 4.82. The third-order valence-corrected chi connectivity index (χ3v) is 2.87. The predicted molar refractivity (Wildman–Crippen MR) is 69.0 cm³/mol. The molecule has 0 aromatic rings. The summed E-state index contributed by atoms with van der Waals surface area (Å²) >= 11 is 0. The van der Waals surface area contributed by atoms with E-state index in [2.05, 4.69) is 0 Å². The van der Waals surface area contributed by atoms with Crippen LogP contribution in [0, 0.1) is 5.92 Å². The summed E-state index contributed by atoms with van der Waals surface area (Å²) in [5.74, 6) is -3.98. The van der Waals surface area contributed by atoms with E-state index in [1.807, 2.05) is 0 Å². The van der Waals surface area contributed by atoms with Gasteiger partial charge < -0.3 is 0 Å². The molecule has 0 aliphatic heterocycles. The molecule has 2 nitrogen and oxygen atoms in total. The fourth-order valence-corrected chi connectivity index (χ4v) is 2.11. The van der Waals surface area contributed by atoms with Gasteiger partial charge in [0.25, 0.3) is 0 Å². The molecule has 0 N–H and O–H groups in total. The molecule has 0 saturated heterocycles. The van der Waals surface area contributed by atoms with E-state index in [1.165, 1.54) is 0 Å². The molecule has 7 heteroatoms. The Morgan fingerprint density at radius 3 is 1.78 bits per heavy atom. The van der Waals surface area contributed by atoms with E-state index in [0.29, 0.717) is 13.6 Å². The maximum atomic E-state index is 12.4. The van der Waals surface area contributed by atoms with Crippen LogP contribution in [0.3, 0.4) is 0 Å². The third kappa shape index (κ3) is 21.0. The zero-order valence-corrected chi connectivity index (χ0v) is 10.5. The smallest absolute Gasteiger partial charge is 0.255 e. The number of hydrogen-bond acceptors (Lipinski definition) is 2. The van der Waals surface area contributed by atoms with Crippen molar-refractivity contribution in [3.63, 3.8) is 0 Å². The lowest BCUT2D eigenvalue weighted by Crippen LogP contribution is -2.17. The highest BCUT2D eigenvalue weighted by Crippen LogP contribution is 2.24. The first kappa shape index (κ1) is 26.3. The Morgan fingerprint density at radius 2 is 1.56 bits per heavy atom. The molecular formula is C11H26F4O2S. The Kier molecular flexibility index (Phi) is 17.1. The van der Waals surface area contributed by atoms with E-state index < -0.39 is 34.2 Å². The molecule has 0 bridgehead atoms. The summed E-state index contributed by atoms with van der Waals surface area (Å²) in [6.45, 7) is 2.42.